The van der Waals surface area contributed by atoms with Gasteiger partial charge in [0, 0.05) is 11.9 Å². The number of nitrogens with zero attached hydrogens (tertiary/aromatic N) is 3. The van der Waals surface area contributed by atoms with E-state index in [9.17, 15) is 0 Å². The van der Waals surface area contributed by atoms with Crippen molar-refractivity contribution in [2.75, 3.05) is 7.11 Å². The number of rotatable bonds is 2. The van der Waals surface area contributed by atoms with E-state index in [1.807, 2.05) is 19.1 Å². The lowest BCUT2D eigenvalue weighted by Gasteiger charge is -2.06. The Morgan fingerprint density at radius 1 is 1.31 bits per heavy atom. The number of methoxy groups -OCH3 is 1. The molecule has 0 radical (unpaired) electrons. The average molecular weight is 236 g/mol. The van der Waals surface area contributed by atoms with E-state index in [-0.39, 0.29) is 5.28 Å². The molecule has 2 aromatic rings. The Bertz CT molecular complexity index is 496. The van der Waals surface area contributed by atoms with Crippen LogP contribution in [0.15, 0.2) is 24.4 Å². The fourth-order valence-electron chi connectivity index (χ4n) is 1.40. The van der Waals surface area contributed by atoms with Crippen LogP contribution < -0.4 is 4.74 Å². The van der Waals surface area contributed by atoms with E-state index in [0.29, 0.717) is 17.1 Å². The molecule has 5 heteroatoms. The largest absolute Gasteiger partial charge is 0.494 e. The third-order valence-electron chi connectivity index (χ3n) is 2.06. The van der Waals surface area contributed by atoms with Crippen molar-refractivity contribution in [3.63, 3.8) is 0 Å². The zero-order valence-electron chi connectivity index (χ0n) is 8.94. The summed E-state index contributed by atoms with van der Waals surface area (Å²) in [6, 6.07) is 5.45. The first kappa shape index (κ1) is 10.8. The van der Waals surface area contributed by atoms with Crippen molar-refractivity contribution in [3.05, 3.63) is 35.4 Å². The smallest absolute Gasteiger partial charge is 0.223 e. The Balaban J connectivity index is 2.58. The SMILES string of the molecule is COc1cccnc1-c1cc(C)nc(Cl)n1. The maximum atomic E-state index is 5.80. The molecule has 0 fully saturated rings. The molecule has 0 amide bonds. The van der Waals surface area contributed by atoms with Gasteiger partial charge < -0.3 is 4.74 Å². The molecule has 0 saturated heterocycles. The molecule has 2 rings (SSSR count). The number of aromatic nitrogens is 3. The first-order valence-corrected chi connectivity index (χ1v) is 5.09. The summed E-state index contributed by atoms with van der Waals surface area (Å²) in [6.07, 6.45) is 1.68. The molecule has 0 unspecified atom stereocenters. The van der Waals surface area contributed by atoms with Gasteiger partial charge in [-0.1, -0.05) is 0 Å². The monoisotopic (exact) mass is 235 g/mol. The molecular weight excluding hydrogens is 226 g/mol. The molecule has 82 valence electrons. The van der Waals surface area contributed by atoms with Crippen molar-refractivity contribution in [1.29, 1.82) is 0 Å². The predicted octanol–water partition coefficient (Wildman–Crippen LogP) is 2.51. The average Bonchev–Trinajstić information content (AvgIpc) is 2.27. The van der Waals surface area contributed by atoms with E-state index in [2.05, 4.69) is 15.0 Å². The highest BCUT2D eigenvalue weighted by Crippen LogP contribution is 2.26. The van der Waals surface area contributed by atoms with Crippen molar-refractivity contribution in [3.8, 4) is 17.1 Å². The lowest BCUT2D eigenvalue weighted by molar-refractivity contribution is 0.414. The van der Waals surface area contributed by atoms with Gasteiger partial charge in [-0.05, 0) is 36.7 Å². The van der Waals surface area contributed by atoms with E-state index in [1.54, 1.807) is 19.4 Å². The van der Waals surface area contributed by atoms with Gasteiger partial charge in [-0.15, -0.1) is 0 Å². The maximum Gasteiger partial charge on any atom is 0.223 e. The molecule has 0 bridgehead atoms. The second kappa shape index (κ2) is 4.45. The topological polar surface area (TPSA) is 47.9 Å². The maximum absolute atomic E-state index is 5.80. The molecule has 0 atom stereocenters. The highest BCUT2D eigenvalue weighted by molar-refractivity contribution is 6.28. The number of ether oxygens (including phenoxy) is 1. The van der Waals surface area contributed by atoms with E-state index >= 15 is 0 Å². The number of hydrogen-bond donors (Lipinski definition) is 0. The zero-order chi connectivity index (χ0) is 11.5. The summed E-state index contributed by atoms with van der Waals surface area (Å²) in [5, 5.41) is 0.211. The van der Waals surface area contributed by atoms with Crippen LogP contribution in [0.3, 0.4) is 0 Å². The fraction of sp³-hybridized carbons (Fsp3) is 0.182. The van der Waals surface area contributed by atoms with Crippen LogP contribution in [0.1, 0.15) is 5.69 Å². The zero-order valence-corrected chi connectivity index (χ0v) is 9.69. The molecule has 0 aliphatic heterocycles. The minimum atomic E-state index is 0.211. The second-order valence-corrected chi connectivity index (χ2v) is 3.56. The van der Waals surface area contributed by atoms with Gasteiger partial charge in [0.1, 0.15) is 11.4 Å². The number of halogens is 1. The van der Waals surface area contributed by atoms with Gasteiger partial charge in [0.2, 0.25) is 5.28 Å². The summed E-state index contributed by atoms with van der Waals surface area (Å²) in [5.41, 5.74) is 2.12. The number of hydrogen-bond acceptors (Lipinski definition) is 4. The predicted molar refractivity (Wildman–Crippen MR) is 61.6 cm³/mol. The number of pyridine rings is 1. The Morgan fingerprint density at radius 3 is 2.81 bits per heavy atom. The number of aryl methyl sites for hydroxylation is 1. The van der Waals surface area contributed by atoms with Gasteiger partial charge in [-0.25, -0.2) is 9.97 Å². The molecule has 2 heterocycles. The Hall–Kier alpha value is -1.68. The molecule has 0 aliphatic rings. The van der Waals surface area contributed by atoms with Crippen LogP contribution in [0.4, 0.5) is 0 Å². The van der Waals surface area contributed by atoms with Crippen molar-refractivity contribution >= 4 is 11.6 Å². The van der Waals surface area contributed by atoms with Crippen LogP contribution in [0.2, 0.25) is 5.28 Å². The molecule has 16 heavy (non-hydrogen) atoms. The van der Waals surface area contributed by atoms with Crippen LogP contribution in [0.5, 0.6) is 5.75 Å². The Kier molecular flexibility index (Phi) is 3.01. The Morgan fingerprint density at radius 2 is 2.12 bits per heavy atom. The standard InChI is InChI=1S/C11H10ClN3O/c1-7-6-8(15-11(12)14-7)10-9(16-2)4-3-5-13-10/h3-6H,1-2H3. The molecule has 0 spiro atoms. The Labute approximate surface area is 98.3 Å². The van der Waals surface area contributed by atoms with Crippen molar-refractivity contribution < 1.29 is 4.74 Å². The van der Waals surface area contributed by atoms with Gasteiger partial charge in [-0.2, -0.15) is 0 Å². The molecule has 0 aliphatic carbocycles. The molecule has 0 aromatic carbocycles. The van der Waals surface area contributed by atoms with Gasteiger partial charge in [0.05, 0.1) is 12.8 Å². The lowest BCUT2D eigenvalue weighted by Crippen LogP contribution is -1.95. The van der Waals surface area contributed by atoms with Gasteiger partial charge >= 0.3 is 0 Å². The molecule has 0 saturated carbocycles. The van der Waals surface area contributed by atoms with Gasteiger partial charge in [0.15, 0.2) is 0 Å². The van der Waals surface area contributed by atoms with E-state index in [0.717, 1.165) is 5.69 Å². The summed E-state index contributed by atoms with van der Waals surface area (Å²) in [4.78, 5) is 12.4. The van der Waals surface area contributed by atoms with Crippen molar-refractivity contribution in [1.82, 2.24) is 15.0 Å². The van der Waals surface area contributed by atoms with Crippen molar-refractivity contribution in [2.24, 2.45) is 0 Å². The molecule has 0 N–H and O–H groups in total. The quantitative estimate of drug-likeness (QED) is 0.751. The van der Waals surface area contributed by atoms with Crippen LogP contribution in [-0.4, -0.2) is 22.1 Å². The van der Waals surface area contributed by atoms with Gasteiger partial charge in [0.25, 0.3) is 0 Å². The van der Waals surface area contributed by atoms with Crippen LogP contribution in [-0.2, 0) is 0 Å². The molecule has 2 aromatic heterocycles. The van der Waals surface area contributed by atoms with Crippen LogP contribution in [0, 0.1) is 6.92 Å². The normalized spacial score (nSPS) is 10.2. The van der Waals surface area contributed by atoms with E-state index in [4.69, 9.17) is 16.3 Å². The summed E-state index contributed by atoms with van der Waals surface area (Å²) in [6.45, 7) is 1.85. The summed E-state index contributed by atoms with van der Waals surface area (Å²) < 4.78 is 5.21. The fourth-order valence-corrected chi connectivity index (χ4v) is 1.63. The lowest BCUT2D eigenvalue weighted by atomic mass is 10.2. The first-order chi connectivity index (χ1) is 7.70. The minimum absolute atomic E-state index is 0.211. The second-order valence-electron chi connectivity index (χ2n) is 3.22. The summed E-state index contributed by atoms with van der Waals surface area (Å²) >= 11 is 5.80. The van der Waals surface area contributed by atoms with E-state index in [1.165, 1.54) is 0 Å². The summed E-state index contributed by atoms with van der Waals surface area (Å²) in [7, 11) is 1.59. The van der Waals surface area contributed by atoms with E-state index < -0.39 is 0 Å². The molecule has 4 nitrogen and oxygen atoms in total. The van der Waals surface area contributed by atoms with Gasteiger partial charge in [-0.3, -0.25) is 4.98 Å². The van der Waals surface area contributed by atoms with Crippen molar-refractivity contribution in [2.45, 2.75) is 6.92 Å². The summed E-state index contributed by atoms with van der Waals surface area (Å²) in [5.74, 6) is 0.664. The highest BCUT2D eigenvalue weighted by atomic mass is 35.5. The highest BCUT2D eigenvalue weighted by Gasteiger charge is 2.09. The minimum Gasteiger partial charge on any atom is -0.494 e. The first-order valence-electron chi connectivity index (χ1n) is 4.71. The van der Waals surface area contributed by atoms with Crippen LogP contribution >= 0.6 is 11.6 Å². The third kappa shape index (κ3) is 2.12. The molecular formula is C11H10ClN3O. The third-order valence-corrected chi connectivity index (χ3v) is 2.23. The van der Waals surface area contributed by atoms with Crippen LogP contribution in [0.25, 0.3) is 11.4 Å².